The van der Waals surface area contributed by atoms with Gasteiger partial charge in [0.1, 0.15) is 11.3 Å². The number of hydrogen-bond acceptors (Lipinski definition) is 4. The fourth-order valence-electron chi connectivity index (χ4n) is 2.87. The number of rotatable bonds is 5. The van der Waals surface area contributed by atoms with Gasteiger partial charge < -0.3 is 14.7 Å². The van der Waals surface area contributed by atoms with Gasteiger partial charge in [0.25, 0.3) is 5.91 Å². The Morgan fingerprint density at radius 3 is 2.48 bits per heavy atom. The van der Waals surface area contributed by atoms with E-state index in [-0.39, 0.29) is 23.8 Å². The van der Waals surface area contributed by atoms with Crippen LogP contribution in [0.25, 0.3) is 10.8 Å². The van der Waals surface area contributed by atoms with Gasteiger partial charge >= 0.3 is 5.97 Å². The van der Waals surface area contributed by atoms with Gasteiger partial charge in [-0.05, 0) is 29.5 Å². The number of aromatic hydroxyl groups is 1. The van der Waals surface area contributed by atoms with Crippen LogP contribution in [-0.2, 0) is 16.1 Å². The number of carbonyl (C=O) groups is 2. The summed E-state index contributed by atoms with van der Waals surface area (Å²) in [4.78, 5) is 26.1. The van der Waals surface area contributed by atoms with Crippen LogP contribution in [0.5, 0.6) is 5.75 Å². The highest BCUT2D eigenvalue weighted by atomic mass is 16.5. The molecule has 0 aliphatic heterocycles. The van der Waals surface area contributed by atoms with E-state index in [1.807, 2.05) is 43.3 Å². The fourth-order valence-corrected chi connectivity index (χ4v) is 2.87. The van der Waals surface area contributed by atoms with Gasteiger partial charge in [0.05, 0.1) is 0 Å². The first-order chi connectivity index (χ1) is 13.0. The molecule has 0 aliphatic carbocycles. The third kappa shape index (κ3) is 4.08. The molecule has 0 radical (unpaired) electrons. The quantitative estimate of drug-likeness (QED) is 0.703. The van der Waals surface area contributed by atoms with Crippen LogP contribution in [0.3, 0.4) is 0 Å². The lowest BCUT2D eigenvalue weighted by atomic mass is 10.1. The summed E-state index contributed by atoms with van der Waals surface area (Å²) < 4.78 is 5.12. The molecule has 1 N–H and O–H groups in total. The molecule has 27 heavy (non-hydrogen) atoms. The molecule has 0 aliphatic rings. The highest BCUT2D eigenvalue weighted by Gasteiger charge is 2.18. The second-order valence-electron chi connectivity index (χ2n) is 6.44. The van der Waals surface area contributed by atoms with Crippen LogP contribution in [0, 0.1) is 6.92 Å². The molecule has 5 heteroatoms. The average molecular weight is 363 g/mol. The van der Waals surface area contributed by atoms with Crippen molar-refractivity contribution in [2.45, 2.75) is 13.5 Å². The van der Waals surface area contributed by atoms with Crippen molar-refractivity contribution in [1.82, 2.24) is 4.90 Å². The van der Waals surface area contributed by atoms with E-state index < -0.39 is 5.97 Å². The van der Waals surface area contributed by atoms with E-state index in [0.29, 0.717) is 11.9 Å². The predicted molar refractivity (Wildman–Crippen MR) is 104 cm³/mol. The van der Waals surface area contributed by atoms with Gasteiger partial charge in [0, 0.05) is 19.0 Å². The molecule has 5 nitrogen and oxygen atoms in total. The molecule has 0 aromatic heterocycles. The summed E-state index contributed by atoms with van der Waals surface area (Å²) in [5.41, 5.74) is 2.17. The van der Waals surface area contributed by atoms with Crippen LogP contribution in [0.15, 0.2) is 60.7 Å². The van der Waals surface area contributed by atoms with Crippen LogP contribution >= 0.6 is 0 Å². The van der Waals surface area contributed by atoms with E-state index in [0.717, 1.165) is 16.5 Å². The maximum absolute atomic E-state index is 12.3. The molecule has 0 unspecified atom stereocenters. The normalized spacial score (nSPS) is 10.6. The van der Waals surface area contributed by atoms with Gasteiger partial charge in [-0.25, -0.2) is 4.79 Å². The zero-order valence-corrected chi connectivity index (χ0v) is 15.3. The number of carbonyl (C=O) groups excluding carboxylic acids is 2. The lowest BCUT2D eigenvalue weighted by Crippen LogP contribution is -2.31. The maximum atomic E-state index is 12.3. The Hall–Kier alpha value is -3.34. The van der Waals surface area contributed by atoms with Crippen molar-refractivity contribution in [2.75, 3.05) is 13.7 Å². The lowest BCUT2D eigenvalue weighted by Gasteiger charge is -2.18. The van der Waals surface area contributed by atoms with E-state index in [1.165, 1.54) is 11.0 Å². The molecular weight excluding hydrogens is 342 g/mol. The number of benzene rings is 3. The Balaban J connectivity index is 1.64. The Morgan fingerprint density at radius 1 is 1.00 bits per heavy atom. The fraction of sp³-hybridized carbons (Fsp3) is 0.182. The van der Waals surface area contributed by atoms with Gasteiger partial charge in [-0.3, -0.25) is 4.79 Å². The van der Waals surface area contributed by atoms with Gasteiger partial charge in [-0.2, -0.15) is 0 Å². The molecule has 3 aromatic rings. The Morgan fingerprint density at radius 2 is 1.70 bits per heavy atom. The number of esters is 1. The number of nitrogens with zero attached hydrogens (tertiary/aromatic N) is 1. The maximum Gasteiger partial charge on any atom is 0.342 e. The van der Waals surface area contributed by atoms with E-state index in [9.17, 15) is 14.7 Å². The van der Waals surface area contributed by atoms with Crippen molar-refractivity contribution < 1.29 is 19.4 Å². The highest BCUT2D eigenvalue weighted by Crippen LogP contribution is 2.29. The summed E-state index contributed by atoms with van der Waals surface area (Å²) in [6, 6.07) is 18.2. The molecule has 3 aromatic carbocycles. The van der Waals surface area contributed by atoms with E-state index in [4.69, 9.17) is 4.74 Å². The Bertz CT molecular complexity index is 997. The SMILES string of the molecule is Cc1ccccc1CN(C)C(=O)COC(=O)c1ccc2ccccc2c1O. The van der Waals surface area contributed by atoms with Crippen LogP contribution < -0.4 is 0 Å². The topological polar surface area (TPSA) is 66.8 Å². The molecule has 138 valence electrons. The van der Waals surface area contributed by atoms with Gasteiger partial charge in [-0.15, -0.1) is 0 Å². The first-order valence-corrected chi connectivity index (χ1v) is 8.63. The van der Waals surface area contributed by atoms with Crippen LogP contribution in [-0.4, -0.2) is 35.5 Å². The largest absolute Gasteiger partial charge is 0.506 e. The lowest BCUT2D eigenvalue weighted by molar-refractivity contribution is -0.133. The summed E-state index contributed by atoms with van der Waals surface area (Å²) in [6.45, 7) is 2.04. The van der Waals surface area contributed by atoms with Crippen molar-refractivity contribution >= 4 is 22.6 Å². The summed E-state index contributed by atoms with van der Waals surface area (Å²) in [6.07, 6.45) is 0. The Kier molecular flexibility index (Phi) is 5.41. The summed E-state index contributed by atoms with van der Waals surface area (Å²) in [5, 5.41) is 11.7. The smallest absolute Gasteiger partial charge is 0.342 e. The number of hydrogen-bond donors (Lipinski definition) is 1. The monoisotopic (exact) mass is 363 g/mol. The number of amides is 1. The minimum atomic E-state index is -0.726. The molecule has 0 atom stereocenters. The number of aryl methyl sites for hydroxylation is 1. The second-order valence-corrected chi connectivity index (χ2v) is 6.44. The molecule has 3 rings (SSSR count). The minimum absolute atomic E-state index is 0.0445. The predicted octanol–water partition coefficient (Wildman–Crippen LogP) is 3.67. The number of fused-ring (bicyclic) bond motifs is 1. The van der Waals surface area contributed by atoms with Crippen molar-refractivity contribution in [1.29, 1.82) is 0 Å². The third-order valence-electron chi connectivity index (χ3n) is 4.54. The molecule has 0 heterocycles. The highest BCUT2D eigenvalue weighted by molar-refractivity contribution is 6.01. The van der Waals surface area contributed by atoms with E-state index >= 15 is 0 Å². The third-order valence-corrected chi connectivity index (χ3v) is 4.54. The summed E-state index contributed by atoms with van der Waals surface area (Å²) >= 11 is 0. The van der Waals surface area contributed by atoms with E-state index in [1.54, 1.807) is 25.2 Å². The molecule has 1 amide bonds. The van der Waals surface area contributed by atoms with Crippen molar-refractivity contribution in [3.05, 3.63) is 77.4 Å². The number of likely N-dealkylation sites (N-methyl/N-ethyl adjacent to an activating group) is 1. The molecule has 0 spiro atoms. The molecule has 0 saturated carbocycles. The average Bonchev–Trinajstić information content (AvgIpc) is 2.68. The minimum Gasteiger partial charge on any atom is -0.506 e. The van der Waals surface area contributed by atoms with Crippen molar-refractivity contribution in [2.24, 2.45) is 0 Å². The number of phenols is 1. The summed E-state index contributed by atoms with van der Waals surface area (Å²) in [7, 11) is 1.66. The molecule has 0 saturated heterocycles. The number of ether oxygens (including phenoxy) is 1. The zero-order chi connectivity index (χ0) is 19.4. The van der Waals surface area contributed by atoms with Crippen molar-refractivity contribution in [3.63, 3.8) is 0 Å². The first-order valence-electron chi connectivity index (χ1n) is 8.63. The molecule has 0 bridgehead atoms. The summed E-state index contributed by atoms with van der Waals surface area (Å²) in [5.74, 6) is -1.18. The number of phenolic OH excluding ortho intramolecular Hbond substituents is 1. The zero-order valence-electron chi connectivity index (χ0n) is 15.3. The van der Waals surface area contributed by atoms with Crippen LogP contribution in [0.4, 0.5) is 0 Å². The molecule has 0 fully saturated rings. The molecular formula is C22H21NO4. The Labute approximate surface area is 157 Å². The first kappa shape index (κ1) is 18.5. The standard InChI is InChI=1S/C22H21NO4/c1-15-7-3-4-9-17(15)13-23(2)20(24)14-27-22(26)19-12-11-16-8-5-6-10-18(16)21(19)25/h3-12,25H,13-14H2,1-2H3. The van der Waals surface area contributed by atoms with Gasteiger partial charge in [-0.1, -0.05) is 54.6 Å². The van der Waals surface area contributed by atoms with Crippen LogP contribution in [0.2, 0.25) is 0 Å². The van der Waals surface area contributed by atoms with Crippen molar-refractivity contribution in [3.8, 4) is 5.75 Å². The van der Waals surface area contributed by atoms with E-state index in [2.05, 4.69) is 0 Å². The van der Waals surface area contributed by atoms with Crippen LogP contribution in [0.1, 0.15) is 21.5 Å². The van der Waals surface area contributed by atoms with Gasteiger partial charge in [0.15, 0.2) is 6.61 Å². The van der Waals surface area contributed by atoms with Gasteiger partial charge in [0.2, 0.25) is 0 Å². The second kappa shape index (κ2) is 7.91.